The van der Waals surface area contributed by atoms with Crippen molar-refractivity contribution in [3.63, 3.8) is 0 Å². The third-order valence-electron chi connectivity index (χ3n) is 2.45. The van der Waals surface area contributed by atoms with E-state index in [1.165, 1.54) is 11.3 Å². The maximum absolute atomic E-state index is 11.7. The van der Waals surface area contributed by atoms with Crippen molar-refractivity contribution in [2.75, 3.05) is 0 Å². The monoisotopic (exact) mass is 271 g/mol. The van der Waals surface area contributed by atoms with Gasteiger partial charge in [0.15, 0.2) is 5.69 Å². The largest absolute Gasteiger partial charge is 0.294 e. The van der Waals surface area contributed by atoms with E-state index in [4.69, 9.17) is 0 Å². The van der Waals surface area contributed by atoms with Crippen LogP contribution in [0.5, 0.6) is 0 Å². The Morgan fingerprint density at radius 1 is 1.11 bits per heavy atom. The molecule has 0 amide bonds. The van der Waals surface area contributed by atoms with Crippen LogP contribution >= 0.6 is 11.3 Å². The van der Waals surface area contributed by atoms with Crippen molar-refractivity contribution >= 4 is 22.7 Å². The first kappa shape index (κ1) is 11.5. The average molecular weight is 271 g/mol. The average Bonchev–Trinajstić information content (AvgIpc) is 3.07. The molecule has 6 nitrogen and oxygen atoms in total. The predicted molar refractivity (Wildman–Crippen MR) is 73.1 cm³/mol. The van der Waals surface area contributed by atoms with Gasteiger partial charge >= 0.3 is 0 Å². The van der Waals surface area contributed by atoms with Crippen LogP contribution in [0.2, 0.25) is 0 Å². The third kappa shape index (κ3) is 2.36. The van der Waals surface area contributed by atoms with Gasteiger partial charge in [-0.25, -0.2) is 0 Å². The third-order valence-corrected chi connectivity index (χ3v) is 3.34. The number of H-pyrrole nitrogens is 2. The molecule has 0 radical (unpaired) electrons. The second-order valence-electron chi connectivity index (χ2n) is 3.69. The standard InChI is InChI=1S/C12H9N5OS/c18-12-11(16-14-8-3-5-13-6-4-8)10(15-17-12)9-2-1-7-19-9/h1-7H,(H2,15,17,18). The molecular formula is C12H9N5OS. The maximum Gasteiger partial charge on any atom is 0.292 e. The number of aromatic amines is 2. The van der Waals surface area contributed by atoms with Gasteiger partial charge in [0.05, 0.1) is 10.6 Å². The van der Waals surface area contributed by atoms with Crippen LogP contribution in [0.3, 0.4) is 0 Å². The molecule has 0 bridgehead atoms. The van der Waals surface area contributed by atoms with Gasteiger partial charge in [-0.3, -0.25) is 20.0 Å². The molecule has 0 aliphatic rings. The zero-order chi connectivity index (χ0) is 13.1. The second-order valence-corrected chi connectivity index (χ2v) is 4.63. The van der Waals surface area contributed by atoms with Crippen LogP contribution in [-0.4, -0.2) is 15.2 Å². The molecule has 0 atom stereocenters. The highest BCUT2D eigenvalue weighted by molar-refractivity contribution is 7.13. The van der Waals surface area contributed by atoms with Gasteiger partial charge in [0.1, 0.15) is 5.69 Å². The zero-order valence-electron chi connectivity index (χ0n) is 9.70. The number of hydrogen-bond donors (Lipinski definition) is 2. The van der Waals surface area contributed by atoms with E-state index >= 15 is 0 Å². The highest BCUT2D eigenvalue weighted by Crippen LogP contribution is 2.29. The number of azo groups is 1. The molecule has 3 rings (SSSR count). The van der Waals surface area contributed by atoms with Crippen molar-refractivity contribution in [3.05, 3.63) is 52.4 Å². The number of aromatic nitrogens is 3. The first-order chi connectivity index (χ1) is 9.34. The molecule has 0 saturated heterocycles. The molecule has 19 heavy (non-hydrogen) atoms. The van der Waals surface area contributed by atoms with Gasteiger partial charge in [-0.1, -0.05) is 6.07 Å². The Bertz CT molecular complexity index is 742. The fourth-order valence-corrected chi connectivity index (χ4v) is 2.29. The summed E-state index contributed by atoms with van der Waals surface area (Å²) in [4.78, 5) is 16.5. The number of pyridine rings is 1. The second kappa shape index (κ2) is 4.99. The lowest BCUT2D eigenvalue weighted by Crippen LogP contribution is -1.96. The number of nitrogens with zero attached hydrogens (tertiary/aromatic N) is 3. The summed E-state index contributed by atoms with van der Waals surface area (Å²) < 4.78 is 0. The van der Waals surface area contributed by atoms with Crippen LogP contribution in [0.15, 0.2) is 57.1 Å². The number of nitrogens with one attached hydrogen (secondary N) is 2. The number of hydrogen-bond acceptors (Lipinski definition) is 5. The topological polar surface area (TPSA) is 86.3 Å². The molecule has 94 valence electrons. The molecule has 2 N–H and O–H groups in total. The van der Waals surface area contributed by atoms with Gasteiger partial charge in [-0.05, 0) is 23.6 Å². The highest BCUT2D eigenvalue weighted by atomic mass is 32.1. The van der Waals surface area contributed by atoms with Crippen molar-refractivity contribution in [2.45, 2.75) is 0 Å². The van der Waals surface area contributed by atoms with Crippen molar-refractivity contribution in [1.29, 1.82) is 0 Å². The molecule has 0 spiro atoms. The quantitative estimate of drug-likeness (QED) is 0.716. The van der Waals surface area contributed by atoms with E-state index in [9.17, 15) is 4.79 Å². The van der Waals surface area contributed by atoms with E-state index < -0.39 is 0 Å². The Hall–Kier alpha value is -2.54. The SMILES string of the molecule is O=c1[nH][nH]c(-c2cccs2)c1N=Nc1ccncc1. The first-order valence-electron chi connectivity index (χ1n) is 5.51. The van der Waals surface area contributed by atoms with E-state index in [-0.39, 0.29) is 11.2 Å². The smallest absolute Gasteiger partial charge is 0.292 e. The van der Waals surface area contributed by atoms with Crippen LogP contribution in [0, 0.1) is 0 Å². The minimum absolute atomic E-state index is 0.277. The molecule has 0 unspecified atom stereocenters. The summed E-state index contributed by atoms with van der Waals surface area (Å²) >= 11 is 1.52. The highest BCUT2D eigenvalue weighted by Gasteiger charge is 2.12. The summed E-state index contributed by atoms with van der Waals surface area (Å²) in [6, 6.07) is 7.26. The fraction of sp³-hybridized carbons (Fsp3) is 0. The molecule has 3 aromatic rings. The molecule has 0 aromatic carbocycles. The fourth-order valence-electron chi connectivity index (χ4n) is 1.56. The van der Waals surface area contributed by atoms with Gasteiger partial charge < -0.3 is 0 Å². The van der Waals surface area contributed by atoms with Gasteiger partial charge in [0, 0.05) is 12.4 Å². The van der Waals surface area contributed by atoms with Crippen LogP contribution in [-0.2, 0) is 0 Å². The molecule has 7 heteroatoms. The Balaban J connectivity index is 2.00. The number of thiophene rings is 1. The Labute approximate surface area is 111 Å². The molecule has 0 fully saturated rings. The van der Waals surface area contributed by atoms with Crippen molar-refractivity contribution in [1.82, 2.24) is 15.2 Å². The Morgan fingerprint density at radius 2 is 1.95 bits per heavy atom. The summed E-state index contributed by atoms with van der Waals surface area (Å²) in [6.45, 7) is 0. The van der Waals surface area contributed by atoms with Crippen molar-refractivity contribution < 1.29 is 0 Å². The van der Waals surface area contributed by atoms with Crippen molar-refractivity contribution in [2.24, 2.45) is 10.2 Å². The van der Waals surface area contributed by atoms with E-state index in [2.05, 4.69) is 25.4 Å². The van der Waals surface area contributed by atoms with Gasteiger partial charge in [0.25, 0.3) is 5.56 Å². The van der Waals surface area contributed by atoms with Gasteiger partial charge in [-0.2, -0.15) is 5.11 Å². The minimum Gasteiger partial charge on any atom is -0.294 e. The lowest BCUT2D eigenvalue weighted by molar-refractivity contribution is 1.06. The van der Waals surface area contributed by atoms with Crippen LogP contribution in [0.4, 0.5) is 11.4 Å². The summed E-state index contributed by atoms with van der Waals surface area (Å²) in [6.07, 6.45) is 3.24. The molecule has 3 aromatic heterocycles. The lowest BCUT2D eigenvalue weighted by atomic mass is 10.3. The molecule has 0 aliphatic carbocycles. The van der Waals surface area contributed by atoms with Gasteiger partial charge in [-0.15, -0.1) is 16.5 Å². The predicted octanol–water partition coefficient (Wildman–Crippen LogP) is 3.24. The van der Waals surface area contributed by atoms with Gasteiger partial charge in [0.2, 0.25) is 0 Å². The summed E-state index contributed by atoms with van der Waals surface area (Å²) in [5.41, 5.74) is 1.28. The zero-order valence-corrected chi connectivity index (χ0v) is 10.5. The van der Waals surface area contributed by atoms with E-state index in [1.54, 1.807) is 24.5 Å². The van der Waals surface area contributed by atoms with Crippen LogP contribution in [0.1, 0.15) is 0 Å². The van der Waals surface area contributed by atoms with Crippen molar-refractivity contribution in [3.8, 4) is 10.6 Å². The summed E-state index contributed by atoms with van der Waals surface area (Å²) in [5, 5.41) is 15.3. The lowest BCUT2D eigenvalue weighted by Gasteiger charge is -1.93. The Kier molecular flexibility index (Phi) is 3.03. The van der Waals surface area contributed by atoms with E-state index in [0.717, 1.165) is 4.88 Å². The molecule has 0 saturated carbocycles. The summed E-state index contributed by atoms with van der Waals surface area (Å²) in [5.74, 6) is 0. The molecule has 0 aliphatic heterocycles. The van der Waals surface area contributed by atoms with Crippen LogP contribution < -0.4 is 5.56 Å². The minimum atomic E-state index is -0.291. The van der Waals surface area contributed by atoms with E-state index in [1.807, 2.05) is 17.5 Å². The summed E-state index contributed by atoms with van der Waals surface area (Å²) in [7, 11) is 0. The van der Waals surface area contributed by atoms with Crippen LogP contribution in [0.25, 0.3) is 10.6 Å². The van der Waals surface area contributed by atoms with E-state index in [0.29, 0.717) is 11.4 Å². The molecular weight excluding hydrogens is 262 g/mol. The number of rotatable bonds is 3. The normalized spacial score (nSPS) is 11.2. The first-order valence-corrected chi connectivity index (χ1v) is 6.39. The molecule has 3 heterocycles. The Morgan fingerprint density at radius 3 is 2.68 bits per heavy atom. The maximum atomic E-state index is 11.7.